The number of rotatable bonds is 10. The van der Waals surface area contributed by atoms with Gasteiger partial charge >= 0.3 is 5.97 Å². The van der Waals surface area contributed by atoms with Crippen molar-refractivity contribution >= 4 is 11.5 Å². The summed E-state index contributed by atoms with van der Waals surface area (Å²) in [7, 11) is 0. The second kappa shape index (κ2) is 11.0. The zero-order valence-electron chi connectivity index (χ0n) is 18.7. The number of hydrogen-bond donors (Lipinski definition) is 3. The molecule has 2 unspecified atom stereocenters. The highest BCUT2D eigenvalue weighted by Crippen LogP contribution is 2.35. The predicted molar refractivity (Wildman–Crippen MR) is 126 cm³/mol. The normalized spacial score (nSPS) is 13.2. The Morgan fingerprint density at radius 2 is 1.62 bits per heavy atom. The van der Waals surface area contributed by atoms with Gasteiger partial charge in [-0.25, -0.2) is 13.8 Å². The Hall–Kier alpha value is -3.62. The van der Waals surface area contributed by atoms with Crippen LogP contribution in [0.4, 0.5) is 8.78 Å². The summed E-state index contributed by atoms with van der Waals surface area (Å²) < 4.78 is 29.0. The molecule has 2 atom stereocenters. The van der Waals surface area contributed by atoms with E-state index in [9.17, 15) is 23.8 Å². The molecule has 2 aromatic carbocycles. The molecule has 0 fully saturated rings. The van der Waals surface area contributed by atoms with Crippen LogP contribution in [0.1, 0.15) is 25.6 Å². The number of carboxylic acids is 1. The fourth-order valence-electron chi connectivity index (χ4n) is 3.63. The Bertz CT molecular complexity index is 1180. The van der Waals surface area contributed by atoms with Crippen LogP contribution in [-0.2, 0) is 11.3 Å². The molecule has 3 rings (SSSR count). The van der Waals surface area contributed by atoms with Crippen molar-refractivity contribution in [3.05, 3.63) is 84.7 Å². The van der Waals surface area contributed by atoms with Crippen molar-refractivity contribution in [2.24, 2.45) is 0 Å². The molecule has 0 saturated heterocycles. The van der Waals surface area contributed by atoms with Gasteiger partial charge < -0.3 is 19.9 Å². The molecule has 0 spiro atoms. The van der Waals surface area contributed by atoms with Crippen molar-refractivity contribution < 1.29 is 28.9 Å². The van der Waals surface area contributed by atoms with E-state index in [0.29, 0.717) is 33.9 Å². The molecule has 3 N–H and O–H groups in total. The lowest BCUT2D eigenvalue weighted by Gasteiger charge is -2.13. The zero-order valence-corrected chi connectivity index (χ0v) is 18.7. The first kappa shape index (κ1) is 25.0. The van der Waals surface area contributed by atoms with Gasteiger partial charge in [0.1, 0.15) is 17.5 Å². The molecule has 6 nitrogen and oxygen atoms in total. The number of aliphatic hydroxyl groups is 2. The number of carbonyl (C=O) groups is 1. The molecular weight excluding hydrogens is 442 g/mol. The smallest absolute Gasteiger partial charge is 0.305 e. The van der Waals surface area contributed by atoms with Crippen LogP contribution in [0.25, 0.3) is 28.1 Å². The molecule has 0 saturated carbocycles. The van der Waals surface area contributed by atoms with Gasteiger partial charge in [0.05, 0.1) is 30.0 Å². The van der Waals surface area contributed by atoms with Gasteiger partial charge in [-0.3, -0.25) is 4.79 Å². The van der Waals surface area contributed by atoms with Gasteiger partial charge in [0.15, 0.2) is 0 Å². The number of allylic oxidation sites excluding steroid dienone is 2. The molecule has 0 aliphatic carbocycles. The molecule has 178 valence electrons. The first-order valence-electron chi connectivity index (χ1n) is 10.7. The summed E-state index contributed by atoms with van der Waals surface area (Å²) >= 11 is 0. The fourth-order valence-corrected chi connectivity index (χ4v) is 3.63. The fraction of sp³-hybridized carbons (Fsp3) is 0.231. The van der Waals surface area contributed by atoms with E-state index in [0.717, 1.165) is 0 Å². The minimum absolute atomic E-state index is 0.119. The van der Waals surface area contributed by atoms with Gasteiger partial charge in [-0.2, -0.15) is 0 Å². The summed E-state index contributed by atoms with van der Waals surface area (Å²) in [4.78, 5) is 15.4. The summed E-state index contributed by atoms with van der Waals surface area (Å²) in [5.41, 5.74) is 3.25. The SMILES string of the molecule is C=C(C)c1nc(-c2ccc(F)cc2)c(-c2ccc(F)cc2)n1C/C=C/C(O)CC(O)CC(=O)O. The van der Waals surface area contributed by atoms with Crippen LogP contribution in [0.3, 0.4) is 0 Å². The summed E-state index contributed by atoms with van der Waals surface area (Å²) in [5, 5.41) is 28.6. The maximum absolute atomic E-state index is 13.6. The van der Waals surface area contributed by atoms with Crippen molar-refractivity contribution in [3.8, 4) is 22.5 Å². The lowest BCUT2D eigenvalue weighted by molar-refractivity contribution is -0.139. The molecule has 34 heavy (non-hydrogen) atoms. The van der Waals surface area contributed by atoms with Crippen molar-refractivity contribution in [1.82, 2.24) is 9.55 Å². The van der Waals surface area contributed by atoms with Crippen molar-refractivity contribution in [2.45, 2.75) is 38.5 Å². The summed E-state index contributed by atoms with van der Waals surface area (Å²) in [6.45, 7) is 6.05. The Balaban J connectivity index is 2.01. The van der Waals surface area contributed by atoms with Crippen LogP contribution in [0.15, 0.2) is 67.3 Å². The highest BCUT2D eigenvalue weighted by molar-refractivity contribution is 5.81. The van der Waals surface area contributed by atoms with Gasteiger partial charge in [0.25, 0.3) is 0 Å². The van der Waals surface area contributed by atoms with Crippen molar-refractivity contribution in [3.63, 3.8) is 0 Å². The number of hydrogen-bond acceptors (Lipinski definition) is 4. The lowest BCUT2D eigenvalue weighted by Crippen LogP contribution is -2.19. The van der Waals surface area contributed by atoms with Gasteiger partial charge in [0.2, 0.25) is 0 Å². The Kier molecular flexibility index (Phi) is 8.09. The van der Waals surface area contributed by atoms with Gasteiger partial charge in [-0.1, -0.05) is 18.7 Å². The third-order valence-corrected chi connectivity index (χ3v) is 5.15. The van der Waals surface area contributed by atoms with E-state index in [1.165, 1.54) is 30.3 Å². The maximum atomic E-state index is 13.6. The molecule has 3 aromatic rings. The number of halogens is 2. The highest BCUT2D eigenvalue weighted by Gasteiger charge is 2.20. The monoisotopic (exact) mass is 468 g/mol. The molecule has 1 heterocycles. The first-order valence-corrected chi connectivity index (χ1v) is 10.7. The quantitative estimate of drug-likeness (QED) is 0.376. The van der Waals surface area contributed by atoms with Crippen LogP contribution >= 0.6 is 0 Å². The van der Waals surface area contributed by atoms with Crippen LogP contribution in [0.5, 0.6) is 0 Å². The standard InChI is InChI=1S/C26H26F2N2O4/c1-16(2)26-29-24(17-5-9-19(27)10-6-17)25(18-7-11-20(28)12-8-18)30(26)13-3-4-21(31)14-22(32)15-23(33)34/h3-12,21-22,31-32H,1,13-15H2,2H3,(H,33,34)/b4-3+. The third-order valence-electron chi connectivity index (χ3n) is 5.15. The molecule has 0 bridgehead atoms. The number of nitrogens with zero attached hydrogens (tertiary/aromatic N) is 2. The number of benzene rings is 2. The van der Waals surface area contributed by atoms with Crippen molar-refractivity contribution in [1.29, 1.82) is 0 Å². The number of aliphatic carboxylic acids is 1. The first-order chi connectivity index (χ1) is 16.2. The van der Waals surface area contributed by atoms with Gasteiger partial charge in [-0.05, 0) is 61.0 Å². The molecule has 8 heteroatoms. The van der Waals surface area contributed by atoms with E-state index in [4.69, 9.17) is 10.1 Å². The zero-order chi connectivity index (χ0) is 24.8. The average molecular weight is 469 g/mol. The van der Waals surface area contributed by atoms with E-state index in [1.54, 1.807) is 37.3 Å². The van der Waals surface area contributed by atoms with Crippen LogP contribution < -0.4 is 0 Å². The number of aliphatic hydroxyl groups excluding tert-OH is 2. The molecule has 1 aromatic heterocycles. The van der Waals surface area contributed by atoms with E-state index in [1.807, 2.05) is 4.57 Å². The predicted octanol–water partition coefficient (Wildman–Crippen LogP) is 4.67. The second-order valence-electron chi connectivity index (χ2n) is 8.02. The summed E-state index contributed by atoms with van der Waals surface area (Å²) in [5.74, 6) is -1.36. The average Bonchev–Trinajstić information content (AvgIpc) is 3.14. The Morgan fingerprint density at radius 3 is 2.15 bits per heavy atom. The topological polar surface area (TPSA) is 95.6 Å². The van der Waals surface area contributed by atoms with E-state index >= 15 is 0 Å². The number of imidazole rings is 1. The molecule has 0 amide bonds. The summed E-state index contributed by atoms with van der Waals surface area (Å²) in [6, 6.07) is 11.8. The van der Waals surface area contributed by atoms with Gasteiger partial charge in [-0.15, -0.1) is 0 Å². The van der Waals surface area contributed by atoms with Crippen LogP contribution in [-0.4, -0.2) is 43.0 Å². The highest BCUT2D eigenvalue weighted by atomic mass is 19.1. The second-order valence-corrected chi connectivity index (χ2v) is 8.02. The Morgan fingerprint density at radius 1 is 1.06 bits per heavy atom. The van der Waals surface area contributed by atoms with Crippen molar-refractivity contribution in [2.75, 3.05) is 0 Å². The van der Waals surface area contributed by atoms with Crippen LogP contribution in [0.2, 0.25) is 0 Å². The minimum Gasteiger partial charge on any atom is -0.481 e. The molecular formula is C26H26F2N2O4. The number of carboxylic acid groups (broad SMARTS) is 1. The molecule has 0 aliphatic rings. The van der Waals surface area contributed by atoms with E-state index in [-0.39, 0.29) is 24.6 Å². The third kappa shape index (κ3) is 6.24. The van der Waals surface area contributed by atoms with E-state index in [2.05, 4.69) is 6.58 Å². The summed E-state index contributed by atoms with van der Waals surface area (Å²) in [6.07, 6.45) is 0.356. The van der Waals surface area contributed by atoms with E-state index < -0.39 is 24.6 Å². The lowest BCUT2D eigenvalue weighted by atomic mass is 10.0. The largest absolute Gasteiger partial charge is 0.481 e. The Labute approximate surface area is 196 Å². The minimum atomic E-state index is -1.17. The maximum Gasteiger partial charge on any atom is 0.305 e. The van der Waals surface area contributed by atoms with Gasteiger partial charge in [0, 0.05) is 24.1 Å². The molecule has 0 aliphatic heterocycles. The molecule has 0 radical (unpaired) electrons. The van der Waals surface area contributed by atoms with Crippen LogP contribution in [0, 0.1) is 11.6 Å². The number of aromatic nitrogens is 2.